The first-order valence-electron chi connectivity index (χ1n) is 6.25. The Morgan fingerprint density at radius 2 is 1.71 bits per heavy atom. The number of esters is 1. The van der Waals surface area contributed by atoms with Crippen LogP contribution in [0.5, 0.6) is 11.5 Å². The van der Waals surface area contributed by atoms with Gasteiger partial charge < -0.3 is 9.47 Å². The average Bonchev–Trinajstić information content (AvgIpc) is 2.47. The molecule has 5 heteroatoms. The lowest BCUT2D eigenvalue weighted by molar-refractivity contribution is -0.136. The Labute approximate surface area is 130 Å². The fraction of sp³-hybridized carbons (Fsp3) is 0.125. The summed E-state index contributed by atoms with van der Waals surface area (Å²) < 4.78 is 11.2. The van der Waals surface area contributed by atoms with Crippen molar-refractivity contribution < 1.29 is 19.1 Å². The summed E-state index contributed by atoms with van der Waals surface area (Å²) in [5.41, 5.74) is 0.569. The van der Waals surface area contributed by atoms with Crippen molar-refractivity contribution in [3.63, 3.8) is 0 Å². The second-order valence-corrected chi connectivity index (χ2v) is 5.13. The molecule has 0 saturated heterocycles. The van der Waals surface area contributed by atoms with Crippen LogP contribution in [0.15, 0.2) is 53.0 Å². The lowest BCUT2D eigenvalue weighted by Gasteiger charge is -2.08. The zero-order chi connectivity index (χ0) is 15.2. The summed E-state index contributed by atoms with van der Waals surface area (Å²) in [6, 6.07) is 13.6. The highest BCUT2D eigenvalue weighted by atomic mass is 79.9. The Balaban J connectivity index is 1.90. The molecule has 0 bridgehead atoms. The first kappa shape index (κ1) is 15.3. The van der Waals surface area contributed by atoms with E-state index in [9.17, 15) is 9.59 Å². The minimum absolute atomic E-state index is 0.0369. The lowest BCUT2D eigenvalue weighted by Crippen LogP contribution is -2.17. The van der Waals surface area contributed by atoms with E-state index in [4.69, 9.17) is 9.47 Å². The molecule has 0 unspecified atom stereocenters. The molecule has 2 aromatic rings. The second kappa shape index (κ2) is 7.04. The topological polar surface area (TPSA) is 52.6 Å². The van der Waals surface area contributed by atoms with Crippen molar-refractivity contribution in [3.8, 4) is 11.5 Å². The Morgan fingerprint density at radius 1 is 1.05 bits per heavy atom. The smallest absolute Gasteiger partial charge is 0.349 e. The summed E-state index contributed by atoms with van der Waals surface area (Å²) in [5, 5.41) is 0. The van der Waals surface area contributed by atoms with Gasteiger partial charge >= 0.3 is 5.97 Å². The van der Waals surface area contributed by atoms with Crippen molar-refractivity contribution in [2.24, 2.45) is 0 Å². The van der Waals surface area contributed by atoms with E-state index in [0.717, 1.165) is 4.47 Å². The van der Waals surface area contributed by atoms with Crippen LogP contribution in [0.2, 0.25) is 0 Å². The van der Waals surface area contributed by atoms with E-state index in [1.54, 1.807) is 30.3 Å². The van der Waals surface area contributed by atoms with Crippen molar-refractivity contribution in [2.75, 3.05) is 6.61 Å². The quantitative estimate of drug-likeness (QED) is 0.470. The Morgan fingerprint density at radius 3 is 2.33 bits per heavy atom. The molecule has 0 N–H and O–H groups in total. The number of halogens is 1. The van der Waals surface area contributed by atoms with E-state index in [2.05, 4.69) is 15.9 Å². The molecular formula is C16H13BrO4. The van der Waals surface area contributed by atoms with Crippen molar-refractivity contribution in [3.05, 3.63) is 58.6 Å². The number of benzene rings is 2. The van der Waals surface area contributed by atoms with Gasteiger partial charge in [-0.1, -0.05) is 12.1 Å². The predicted molar refractivity (Wildman–Crippen MR) is 81.7 cm³/mol. The van der Waals surface area contributed by atoms with Crippen LogP contribution < -0.4 is 9.47 Å². The van der Waals surface area contributed by atoms with Gasteiger partial charge in [0.1, 0.15) is 11.5 Å². The minimum Gasteiger partial charge on any atom is -0.481 e. The SMILES string of the molecule is CC(=O)c1ccc(OC(=O)COc2ccccc2Br)cc1. The first-order chi connectivity index (χ1) is 10.1. The summed E-state index contributed by atoms with van der Waals surface area (Å²) in [4.78, 5) is 22.8. The molecule has 0 atom stereocenters. The number of carbonyl (C=O) groups excluding carboxylic acids is 2. The summed E-state index contributed by atoms with van der Waals surface area (Å²) in [5.74, 6) is 0.397. The zero-order valence-electron chi connectivity index (χ0n) is 11.3. The Kier molecular flexibility index (Phi) is 5.11. The van der Waals surface area contributed by atoms with Crippen molar-refractivity contribution >= 4 is 27.7 Å². The second-order valence-electron chi connectivity index (χ2n) is 4.27. The molecular weight excluding hydrogens is 336 g/mol. The number of rotatable bonds is 5. The molecule has 0 aromatic heterocycles. The van der Waals surface area contributed by atoms with E-state index in [-0.39, 0.29) is 12.4 Å². The Hall–Kier alpha value is -2.14. The molecule has 2 rings (SSSR count). The fourth-order valence-corrected chi connectivity index (χ4v) is 2.02. The highest BCUT2D eigenvalue weighted by Gasteiger charge is 2.08. The van der Waals surface area contributed by atoms with Gasteiger partial charge in [0, 0.05) is 5.56 Å². The zero-order valence-corrected chi connectivity index (χ0v) is 12.9. The van der Waals surface area contributed by atoms with Gasteiger partial charge in [-0.25, -0.2) is 4.79 Å². The third kappa shape index (κ3) is 4.43. The summed E-state index contributed by atoms with van der Waals surface area (Å²) in [7, 11) is 0. The lowest BCUT2D eigenvalue weighted by atomic mass is 10.1. The standard InChI is InChI=1S/C16H13BrO4/c1-11(18)12-6-8-13(9-7-12)21-16(19)10-20-15-5-3-2-4-14(15)17/h2-9H,10H2,1H3. The molecule has 0 aliphatic rings. The van der Waals surface area contributed by atoms with E-state index in [1.807, 2.05) is 18.2 Å². The maximum atomic E-state index is 11.7. The summed E-state index contributed by atoms with van der Waals surface area (Å²) in [6.07, 6.45) is 0. The maximum Gasteiger partial charge on any atom is 0.349 e. The maximum absolute atomic E-state index is 11.7. The predicted octanol–water partition coefficient (Wildman–Crippen LogP) is 3.64. The molecule has 0 aliphatic heterocycles. The fourth-order valence-electron chi connectivity index (χ4n) is 1.62. The van der Waals surface area contributed by atoms with Crippen molar-refractivity contribution in [1.82, 2.24) is 0 Å². The van der Waals surface area contributed by atoms with Crippen LogP contribution in [0.25, 0.3) is 0 Å². The van der Waals surface area contributed by atoms with Gasteiger partial charge in [0.2, 0.25) is 0 Å². The van der Waals surface area contributed by atoms with Gasteiger partial charge in [0.15, 0.2) is 12.4 Å². The van der Waals surface area contributed by atoms with Gasteiger partial charge in [-0.05, 0) is 59.3 Å². The van der Waals surface area contributed by atoms with E-state index in [1.165, 1.54) is 6.92 Å². The Bertz CT molecular complexity index is 650. The van der Waals surface area contributed by atoms with Gasteiger partial charge in [-0.15, -0.1) is 0 Å². The van der Waals surface area contributed by atoms with Crippen LogP contribution in [0.1, 0.15) is 17.3 Å². The number of carbonyl (C=O) groups is 2. The van der Waals surface area contributed by atoms with Crippen LogP contribution in [0.3, 0.4) is 0 Å². The number of hydrogen-bond donors (Lipinski definition) is 0. The van der Waals surface area contributed by atoms with E-state index < -0.39 is 5.97 Å². The molecule has 108 valence electrons. The molecule has 0 radical (unpaired) electrons. The summed E-state index contributed by atoms with van der Waals surface area (Å²) >= 11 is 3.33. The van der Waals surface area contributed by atoms with Crippen LogP contribution >= 0.6 is 15.9 Å². The van der Waals surface area contributed by atoms with Crippen LogP contribution in [0, 0.1) is 0 Å². The number of ketones is 1. The normalized spacial score (nSPS) is 10.0. The number of hydrogen-bond acceptors (Lipinski definition) is 4. The van der Waals surface area contributed by atoms with Crippen LogP contribution in [-0.2, 0) is 4.79 Å². The molecule has 0 spiro atoms. The van der Waals surface area contributed by atoms with Gasteiger partial charge in [0.05, 0.1) is 4.47 Å². The molecule has 0 aliphatic carbocycles. The third-order valence-corrected chi connectivity index (χ3v) is 3.33. The van der Waals surface area contributed by atoms with Gasteiger partial charge in [-0.3, -0.25) is 4.79 Å². The molecule has 0 fully saturated rings. The number of para-hydroxylation sites is 1. The van der Waals surface area contributed by atoms with Crippen LogP contribution in [-0.4, -0.2) is 18.4 Å². The molecule has 2 aromatic carbocycles. The summed E-state index contributed by atoms with van der Waals surface area (Å²) in [6.45, 7) is 1.28. The van der Waals surface area contributed by atoms with E-state index in [0.29, 0.717) is 17.1 Å². The number of ether oxygens (including phenoxy) is 2. The van der Waals surface area contributed by atoms with Gasteiger partial charge in [0.25, 0.3) is 0 Å². The molecule has 0 saturated carbocycles. The average molecular weight is 349 g/mol. The molecule has 4 nitrogen and oxygen atoms in total. The third-order valence-electron chi connectivity index (χ3n) is 2.67. The van der Waals surface area contributed by atoms with Crippen molar-refractivity contribution in [2.45, 2.75) is 6.92 Å². The molecule has 21 heavy (non-hydrogen) atoms. The monoisotopic (exact) mass is 348 g/mol. The highest BCUT2D eigenvalue weighted by molar-refractivity contribution is 9.10. The van der Waals surface area contributed by atoms with Crippen molar-refractivity contribution in [1.29, 1.82) is 0 Å². The molecule has 0 heterocycles. The van der Waals surface area contributed by atoms with Crippen LogP contribution in [0.4, 0.5) is 0 Å². The van der Waals surface area contributed by atoms with Gasteiger partial charge in [-0.2, -0.15) is 0 Å². The highest BCUT2D eigenvalue weighted by Crippen LogP contribution is 2.23. The number of Topliss-reactive ketones (excluding diaryl/α,β-unsaturated/α-hetero) is 1. The van der Waals surface area contributed by atoms with E-state index >= 15 is 0 Å². The molecule has 0 amide bonds. The first-order valence-corrected chi connectivity index (χ1v) is 7.04. The minimum atomic E-state index is -0.513. The largest absolute Gasteiger partial charge is 0.481 e.